The minimum atomic E-state index is 0.248. The molecule has 1 aromatic heterocycles. The molecule has 17 heavy (non-hydrogen) atoms. The summed E-state index contributed by atoms with van der Waals surface area (Å²) >= 11 is 5.92. The molecule has 0 aromatic carbocycles. The predicted molar refractivity (Wildman–Crippen MR) is 69.8 cm³/mol. The molecule has 0 radical (unpaired) electrons. The van der Waals surface area contributed by atoms with Gasteiger partial charge in [-0.25, -0.2) is 4.98 Å². The van der Waals surface area contributed by atoms with Crippen molar-refractivity contribution in [3.63, 3.8) is 0 Å². The Morgan fingerprint density at radius 3 is 2.65 bits per heavy atom. The van der Waals surface area contributed by atoms with Gasteiger partial charge in [-0.3, -0.25) is 0 Å². The molecule has 4 nitrogen and oxygen atoms in total. The van der Waals surface area contributed by atoms with Crippen molar-refractivity contribution in [3.05, 3.63) is 17.0 Å². The van der Waals surface area contributed by atoms with Crippen molar-refractivity contribution in [2.24, 2.45) is 0 Å². The summed E-state index contributed by atoms with van der Waals surface area (Å²) in [6.07, 6.45) is 0.964. The molecule has 0 saturated heterocycles. The highest BCUT2D eigenvalue weighted by Gasteiger charge is 2.07. The van der Waals surface area contributed by atoms with E-state index in [0.717, 1.165) is 18.8 Å². The lowest BCUT2D eigenvalue weighted by Crippen LogP contribution is -2.16. The standard InChI is InChI=1S/C12H20ClN3O/c1-9(2)12-14-10(13)8-11(15-12)17-7-5-6-16(3)4/h8-9H,5-7H2,1-4H3. The zero-order chi connectivity index (χ0) is 12.8. The summed E-state index contributed by atoms with van der Waals surface area (Å²) in [5, 5.41) is 0.436. The van der Waals surface area contributed by atoms with Crippen LogP contribution in [0.3, 0.4) is 0 Å². The smallest absolute Gasteiger partial charge is 0.218 e. The number of rotatable bonds is 6. The van der Waals surface area contributed by atoms with Crippen LogP contribution in [0, 0.1) is 0 Å². The van der Waals surface area contributed by atoms with Gasteiger partial charge in [0.05, 0.1) is 6.61 Å². The summed E-state index contributed by atoms with van der Waals surface area (Å²) in [6.45, 7) is 5.70. The molecule has 0 spiro atoms. The van der Waals surface area contributed by atoms with Crippen LogP contribution in [0.25, 0.3) is 0 Å². The monoisotopic (exact) mass is 257 g/mol. The van der Waals surface area contributed by atoms with Crippen molar-refractivity contribution in [1.29, 1.82) is 0 Å². The summed E-state index contributed by atoms with van der Waals surface area (Å²) < 4.78 is 5.57. The number of ether oxygens (including phenoxy) is 1. The number of nitrogens with zero attached hydrogens (tertiary/aromatic N) is 3. The first-order valence-electron chi connectivity index (χ1n) is 5.81. The lowest BCUT2D eigenvalue weighted by atomic mass is 10.2. The SMILES string of the molecule is CC(C)c1nc(Cl)cc(OCCCN(C)C)n1. The maximum absolute atomic E-state index is 5.92. The molecule has 5 heteroatoms. The third kappa shape index (κ3) is 5.33. The predicted octanol–water partition coefficient (Wildman–Crippen LogP) is 2.58. The number of hydrogen-bond donors (Lipinski definition) is 0. The van der Waals surface area contributed by atoms with E-state index in [4.69, 9.17) is 16.3 Å². The molecule has 1 rings (SSSR count). The van der Waals surface area contributed by atoms with Crippen LogP contribution < -0.4 is 4.74 Å². The highest BCUT2D eigenvalue weighted by Crippen LogP contribution is 2.18. The highest BCUT2D eigenvalue weighted by molar-refractivity contribution is 6.29. The van der Waals surface area contributed by atoms with Gasteiger partial charge in [-0.1, -0.05) is 25.4 Å². The quantitative estimate of drug-likeness (QED) is 0.580. The van der Waals surface area contributed by atoms with Gasteiger partial charge in [-0.2, -0.15) is 4.98 Å². The fourth-order valence-corrected chi connectivity index (χ4v) is 1.48. The fourth-order valence-electron chi connectivity index (χ4n) is 1.30. The molecule has 1 aromatic rings. The third-order valence-corrected chi connectivity index (χ3v) is 2.40. The topological polar surface area (TPSA) is 38.2 Å². The maximum atomic E-state index is 5.92. The van der Waals surface area contributed by atoms with Gasteiger partial charge < -0.3 is 9.64 Å². The van der Waals surface area contributed by atoms with E-state index in [1.807, 2.05) is 27.9 Å². The average molecular weight is 258 g/mol. The van der Waals surface area contributed by atoms with Gasteiger partial charge in [0.2, 0.25) is 5.88 Å². The van der Waals surface area contributed by atoms with E-state index < -0.39 is 0 Å². The minimum absolute atomic E-state index is 0.248. The van der Waals surface area contributed by atoms with E-state index in [0.29, 0.717) is 17.6 Å². The molecule has 0 N–H and O–H groups in total. The Hall–Kier alpha value is -0.870. The van der Waals surface area contributed by atoms with Gasteiger partial charge in [0.1, 0.15) is 11.0 Å². The van der Waals surface area contributed by atoms with Crippen LogP contribution in [0.4, 0.5) is 0 Å². The number of hydrogen-bond acceptors (Lipinski definition) is 4. The summed E-state index contributed by atoms with van der Waals surface area (Å²) in [6, 6.07) is 1.66. The first kappa shape index (κ1) is 14.2. The van der Waals surface area contributed by atoms with Crippen LogP contribution in [0.2, 0.25) is 5.15 Å². The maximum Gasteiger partial charge on any atom is 0.218 e. The molecular formula is C12H20ClN3O. The summed E-state index contributed by atoms with van der Waals surface area (Å²) in [5.74, 6) is 1.53. The van der Waals surface area contributed by atoms with Crippen molar-refractivity contribution in [3.8, 4) is 5.88 Å². The van der Waals surface area contributed by atoms with Crippen molar-refractivity contribution < 1.29 is 4.74 Å². The Morgan fingerprint density at radius 2 is 2.06 bits per heavy atom. The van der Waals surface area contributed by atoms with E-state index in [1.165, 1.54) is 0 Å². The zero-order valence-electron chi connectivity index (χ0n) is 10.9. The average Bonchev–Trinajstić information content (AvgIpc) is 2.23. The van der Waals surface area contributed by atoms with Crippen molar-refractivity contribution >= 4 is 11.6 Å². The van der Waals surface area contributed by atoms with Gasteiger partial charge in [0.15, 0.2) is 0 Å². The fraction of sp³-hybridized carbons (Fsp3) is 0.667. The molecule has 0 aliphatic rings. The molecule has 0 aliphatic heterocycles. The van der Waals surface area contributed by atoms with Gasteiger partial charge >= 0.3 is 0 Å². The molecule has 0 atom stereocenters. The van der Waals surface area contributed by atoms with Crippen LogP contribution in [-0.2, 0) is 0 Å². The number of halogens is 1. The molecule has 0 aliphatic carbocycles. The van der Waals surface area contributed by atoms with E-state index in [-0.39, 0.29) is 5.92 Å². The van der Waals surface area contributed by atoms with E-state index in [1.54, 1.807) is 6.07 Å². The highest BCUT2D eigenvalue weighted by atomic mass is 35.5. The van der Waals surface area contributed by atoms with Crippen LogP contribution in [-0.4, -0.2) is 42.1 Å². The molecule has 0 saturated carbocycles. The van der Waals surface area contributed by atoms with E-state index >= 15 is 0 Å². The lowest BCUT2D eigenvalue weighted by Gasteiger charge is -2.11. The molecule has 0 bridgehead atoms. The second kappa shape index (κ2) is 6.77. The third-order valence-electron chi connectivity index (χ3n) is 2.20. The lowest BCUT2D eigenvalue weighted by molar-refractivity contribution is 0.272. The van der Waals surface area contributed by atoms with Crippen LogP contribution >= 0.6 is 11.6 Å². The van der Waals surface area contributed by atoms with Gasteiger partial charge in [-0.15, -0.1) is 0 Å². The second-order valence-corrected chi connectivity index (χ2v) is 4.93. The first-order valence-corrected chi connectivity index (χ1v) is 6.19. The van der Waals surface area contributed by atoms with Gasteiger partial charge in [0.25, 0.3) is 0 Å². The Kier molecular flexibility index (Phi) is 5.65. The van der Waals surface area contributed by atoms with E-state index in [9.17, 15) is 0 Å². The Balaban J connectivity index is 2.53. The summed E-state index contributed by atoms with van der Waals surface area (Å²) in [5.41, 5.74) is 0. The number of aromatic nitrogens is 2. The molecule has 1 heterocycles. The molecule has 96 valence electrons. The summed E-state index contributed by atoms with van der Waals surface area (Å²) in [4.78, 5) is 10.6. The largest absolute Gasteiger partial charge is 0.477 e. The van der Waals surface area contributed by atoms with Gasteiger partial charge in [0, 0.05) is 18.5 Å². The first-order chi connectivity index (χ1) is 7.99. The second-order valence-electron chi connectivity index (χ2n) is 4.55. The summed E-state index contributed by atoms with van der Waals surface area (Å²) in [7, 11) is 4.08. The minimum Gasteiger partial charge on any atom is -0.477 e. The normalized spacial score (nSPS) is 11.2. The van der Waals surface area contributed by atoms with Crippen molar-refractivity contribution in [2.45, 2.75) is 26.2 Å². The molecular weight excluding hydrogens is 238 g/mol. The van der Waals surface area contributed by atoms with Crippen LogP contribution in [0.15, 0.2) is 6.07 Å². The Morgan fingerprint density at radius 1 is 1.35 bits per heavy atom. The van der Waals surface area contributed by atoms with Crippen LogP contribution in [0.1, 0.15) is 32.0 Å². The molecule has 0 fully saturated rings. The van der Waals surface area contributed by atoms with E-state index in [2.05, 4.69) is 14.9 Å². The zero-order valence-corrected chi connectivity index (χ0v) is 11.7. The Bertz CT molecular complexity index is 356. The van der Waals surface area contributed by atoms with Crippen LogP contribution in [0.5, 0.6) is 5.88 Å². The van der Waals surface area contributed by atoms with Crippen molar-refractivity contribution in [2.75, 3.05) is 27.2 Å². The van der Waals surface area contributed by atoms with Gasteiger partial charge in [-0.05, 0) is 20.5 Å². The molecule has 0 unspecified atom stereocenters. The Labute approximate surface area is 108 Å². The molecule has 0 amide bonds. The van der Waals surface area contributed by atoms with Crippen molar-refractivity contribution in [1.82, 2.24) is 14.9 Å².